The number of hydrogen-bond acceptors (Lipinski definition) is 4. The van der Waals surface area contributed by atoms with Gasteiger partial charge < -0.3 is 10.6 Å². The van der Waals surface area contributed by atoms with E-state index < -0.39 is 0 Å². The van der Waals surface area contributed by atoms with E-state index in [1.807, 2.05) is 13.0 Å². The first-order chi connectivity index (χ1) is 6.34. The average molecular weight is 178 g/mol. The summed E-state index contributed by atoms with van der Waals surface area (Å²) < 4.78 is 0. The molecule has 2 N–H and O–H groups in total. The molecule has 2 rings (SSSR count). The third-order valence-electron chi connectivity index (χ3n) is 2.19. The number of nitrogens with one attached hydrogen (secondary N) is 2. The second kappa shape index (κ2) is 3.70. The summed E-state index contributed by atoms with van der Waals surface area (Å²) in [6, 6.07) is 2.43. The quantitative estimate of drug-likeness (QED) is 0.694. The van der Waals surface area contributed by atoms with Gasteiger partial charge in [-0.2, -0.15) is 0 Å². The van der Waals surface area contributed by atoms with Gasteiger partial charge in [-0.25, -0.2) is 9.97 Å². The molecular weight excluding hydrogens is 164 g/mol. The molecule has 70 valence electrons. The van der Waals surface area contributed by atoms with Crippen molar-refractivity contribution in [3.8, 4) is 0 Å². The van der Waals surface area contributed by atoms with E-state index >= 15 is 0 Å². The van der Waals surface area contributed by atoms with E-state index in [4.69, 9.17) is 0 Å². The van der Waals surface area contributed by atoms with Gasteiger partial charge in [-0.3, -0.25) is 0 Å². The van der Waals surface area contributed by atoms with Crippen molar-refractivity contribution in [1.29, 1.82) is 0 Å². The van der Waals surface area contributed by atoms with Gasteiger partial charge in [-0.15, -0.1) is 0 Å². The van der Waals surface area contributed by atoms with Crippen LogP contribution >= 0.6 is 0 Å². The normalized spacial score (nSPS) is 21.8. The zero-order chi connectivity index (χ0) is 9.10. The Morgan fingerprint density at radius 1 is 1.62 bits per heavy atom. The lowest BCUT2D eigenvalue weighted by Gasteiger charge is -2.11. The van der Waals surface area contributed by atoms with Crippen LogP contribution in [0.4, 0.5) is 5.82 Å². The number of aromatic nitrogens is 2. The molecular formula is C9H14N4. The summed E-state index contributed by atoms with van der Waals surface area (Å²) in [5.74, 6) is 1.75. The van der Waals surface area contributed by atoms with Crippen LogP contribution in [0.2, 0.25) is 0 Å². The highest BCUT2D eigenvalue weighted by atomic mass is 15.1. The van der Waals surface area contributed by atoms with E-state index in [9.17, 15) is 0 Å². The predicted molar refractivity (Wildman–Crippen MR) is 51.7 cm³/mol. The summed E-state index contributed by atoms with van der Waals surface area (Å²) in [6.45, 7) is 4.03. The highest BCUT2D eigenvalue weighted by molar-refractivity contribution is 5.34. The maximum Gasteiger partial charge on any atom is 0.129 e. The molecule has 1 aromatic heterocycles. The minimum absolute atomic E-state index is 0.522. The molecule has 1 atom stereocenters. The zero-order valence-electron chi connectivity index (χ0n) is 7.75. The van der Waals surface area contributed by atoms with Crippen molar-refractivity contribution in [2.24, 2.45) is 0 Å². The van der Waals surface area contributed by atoms with Crippen molar-refractivity contribution in [2.75, 3.05) is 18.4 Å². The molecule has 1 saturated heterocycles. The number of anilines is 1. The molecule has 0 aromatic carbocycles. The molecule has 1 aliphatic rings. The molecule has 0 aliphatic carbocycles. The van der Waals surface area contributed by atoms with Crippen molar-refractivity contribution in [2.45, 2.75) is 19.4 Å². The van der Waals surface area contributed by atoms with Crippen LogP contribution in [0.1, 0.15) is 12.2 Å². The third-order valence-corrected chi connectivity index (χ3v) is 2.19. The molecule has 0 radical (unpaired) electrons. The van der Waals surface area contributed by atoms with Crippen molar-refractivity contribution in [3.05, 3.63) is 18.1 Å². The Bertz CT molecular complexity index is 281. The zero-order valence-corrected chi connectivity index (χ0v) is 7.75. The van der Waals surface area contributed by atoms with Crippen molar-refractivity contribution < 1.29 is 0 Å². The maximum atomic E-state index is 4.29. The molecule has 1 fully saturated rings. The Kier molecular flexibility index (Phi) is 2.40. The summed E-state index contributed by atoms with van der Waals surface area (Å²) in [5, 5.41) is 6.67. The first-order valence-electron chi connectivity index (χ1n) is 4.61. The van der Waals surface area contributed by atoms with E-state index in [-0.39, 0.29) is 0 Å². The van der Waals surface area contributed by atoms with Crippen LogP contribution in [0.25, 0.3) is 0 Å². The second-order valence-corrected chi connectivity index (χ2v) is 3.32. The lowest BCUT2D eigenvalue weighted by Crippen LogP contribution is -2.22. The van der Waals surface area contributed by atoms with E-state index in [1.54, 1.807) is 6.20 Å². The smallest absolute Gasteiger partial charge is 0.129 e. The first-order valence-corrected chi connectivity index (χ1v) is 4.61. The van der Waals surface area contributed by atoms with E-state index in [2.05, 4.69) is 20.6 Å². The number of aryl methyl sites for hydroxylation is 1. The highest BCUT2D eigenvalue weighted by Gasteiger charge is 2.13. The molecule has 0 spiro atoms. The molecule has 1 aliphatic heterocycles. The molecule has 13 heavy (non-hydrogen) atoms. The molecule has 0 saturated carbocycles. The van der Waals surface area contributed by atoms with Gasteiger partial charge in [0.05, 0.1) is 0 Å². The minimum atomic E-state index is 0.522. The Morgan fingerprint density at radius 3 is 3.23 bits per heavy atom. The van der Waals surface area contributed by atoms with Crippen LogP contribution in [0, 0.1) is 6.92 Å². The third kappa shape index (κ3) is 2.15. The summed E-state index contributed by atoms with van der Waals surface area (Å²) in [5.41, 5.74) is 0. The fourth-order valence-corrected chi connectivity index (χ4v) is 1.52. The van der Waals surface area contributed by atoms with Gasteiger partial charge in [0, 0.05) is 18.8 Å². The molecule has 0 amide bonds. The Hall–Kier alpha value is -1.16. The fraction of sp³-hybridized carbons (Fsp3) is 0.556. The van der Waals surface area contributed by atoms with E-state index in [0.29, 0.717) is 6.04 Å². The molecule has 4 heteroatoms. The second-order valence-electron chi connectivity index (χ2n) is 3.32. The lowest BCUT2D eigenvalue weighted by molar-refractivity contribution is 0.785. The van der Waals surface area contributed by atoms with Gasteiger partial charge >= 0.3 is 0 Å². The summed E-state index contributed by atoms with van der Waals surface area (Å²) >= 11 is 0. The van der Waals surface area contributed by atoms with Crippen LogP contribution < -0.4 is 10.6 Å². The van der Waals surface area contributed by atoms with E-state index in [0.717, 1.165) is 24.7 Å². The summed E-state index contributed by atoms with van der Waals surface area (Å²) in [6.07, 6.45) is 2.95. The van der Waals surface area contributed by atoms with Crippen LogP contribution in [-0.2, 0) is 0 Å². The van der Waals surface area contributed by atoms with E-state index in [1.165, 1.54) is 6.42 Å². The molecule has 4 nitrogen and oxygen atoms in total. The molecule has 1 unspecified atom stereocenters. The SMILES string of the molecule is Cc1nccc(NC2CCNC2)n1. The van der Waals surface area contributed by atoms with Crippen LogP contribution in [0.15, 0.2) is 12.3 Å². The monoisotopic (exact) mass is 178 g/mol. The maximum absolute atomic E-state index is 4.29. The van der Waals surface area contributed by atoms with Crippen molar-refractivity contribution in [3.63, 3.8) is 0 Å². The largest absolute Gasteiger partial charge is 0.366 e. The highest BCUT2D eigenvalue weighted by Crippen LogP contribution is 2.07. The number of hydrogen-bond donors (Lipinski definition) is 2. The van der Waals surface area contributed by atoms with Gasteiger partial charge in [-0.1, -0.05) is 0 Å². The van der Waals surface area contributed by atoms with Gasteiger partial charge in [-0.05, 0) is 26.0 Å². The first kappa shape index (κ1) is 8.44. The van der Waals surface area contributed by atoms with Gasteiger partial charge in [0.2, 0.25) is 0 Å². The Morgan fingerprint density at radius 2 is 2.54 bits per heavy atom. The van der Waals surface area contributed by atoms with Gasteiger partial charge in [0.25, 0.3) is 0 Å². The molecule has 2 heterocycles. The van der Waals surface area contributed by atoms with Gasteiger partial charge in [0.15, 0.2) is 0 Å². The lowest BCUT2D eigenvalue weighted by atomic mass is 10.2. The Labute approximate surface area is 77.8 Å². The van der Waals surface area contributed by atoms with Crippen LogP contribution in [0.3, 0.4) is 0 Å². The summed E-state index contributed by atoms with van der Waals surface area (Å²) in [7, 11) is 0. The number of nitrogens with zero attached hydrogens (tertiary/aromatic N) is 2. The van der Waals surface area contributed by atoms with Gasteiger partial charge in [0.1, 0.15) is 11.6 Å². The van der Waals surface area contributed by atoms with Crippen LogP contribution in [-0.4, -0.2) is 29.1 Å². The molecule has 0 bridgehead atoms. The van der Waals surface area contributed by atoms with Crippen molar-refractivity contribution in [1.82, 2.24) is 15.3 Å². The number of rotatable bonds is 2. The topological polar surface area (TPSA) is 49.8 Å². The predicted octanol–water partition coefficient (Wildman–Crippen LogP) is 0.559. The van der Waals surface area contributed by atoms with Crippen molar-refractivity contribution >= 4 is 5.82 Å². The molecule has 1 aromatic rings. The average Bonchev–Trinajstić information content (AvgIpc) is 2.57. The fourth-order valence-electron chi connectivity index (χ4n) is 1.52. The Balaban J connectivity index is 2.00. The minimum Gasteiger partial charge on any atom is -0.366 e. The summed E-state index contributed by atoms with van der Waals surface area (Å²) in [4.78, 5) is 8.33. The standard InChI is InChI=1S/C9H14N4/c1-7-11-5-3-9(12-7)13-8-2-4-10-6-8/h3,5,8,10H,2,4,6H2,1H3,(H,11,12,13). The van der Waals surface area contributed by atoms with Crippen LogP contribution in [0.5, 0.6) is 0 Å².